The Bertz CT molecular complexity index is 405. The Morgan fingerprint density at radius 2 is 2.19 bits per heavy atom. The van der Waals surface area contributed by atoms with E-state index in [-0.39, 0.29) is 6.54 Å². The van der Waals surface area contributed by atoms with Crippen molar-refractivity contribution >= 4 is 11.9 Å². The van der Waals surface area contributed by atoms with Crippen molar-refractivity contribution in [3.05, 3.63) is 29.8 Å². The van der Waals surface area contributed by atoms with E-state index in [0.29, 0.717) is 12.2 Å². The molecule has 0 fully saturated rings. The summed E-state index contributed by atoms with van der Waals surface area (Å²) < 4.78 is 5.40. The molecule has 1 heterocycles. The number of carbonyl (C=O) groups excluding carboxylic acids is 1. The first-order chi connectivity index (χ1) is 7.66. The van der Waals surface area contributed by atoms with Crippen molar-refractivity contribution in [3.8, 4) is 5.75 Å². The zero-order valence-electron chi connectivity index (χ0n) is 8.47. The van der Waals surface area contributed by atoms with Crippen molar-refractivity contribution in [2.45, 2.75) is 12.5 Å². The number of ether oxygens (including phenoxy) is 1. The second-order valence-corrected chi connectivity index (χ2v) is 3.53. The number of carbonyl (C=O) groups is 2. The Morgan fingerprint density at radius 1 is 1.44 bits per heavy atom. The third kappa shape index (κ3) is 2.13. The minimum atomic E-state index is -1.07. The lowest BCUT2D eigenvalue weighted by Crippen LogP contribution is -2.39. The van der Waals surface area contributed by atoms with Crippen LogP contribution < -0.4 is 10.1 Å². The lowest BCUT2D eigenvalue weighted by atomic mass is 10.1. The van der Waals surface area contributed by atoms with Gasteiger partial charge in [-0.1, -0.05) is 18.2 Å². The number of nitrogens with one attached hydrogen (secondary N) is 1. The molecule has 1 aromatic rings. The molecule has 0 aromatic heterocycles. The van der Waals surface area contributed by atoms with E-state index in [4.69, 9.17) is 9.84 Å². The molecule has 5 heteroatoms. The van der Waals surface area contributed by atoms with Crippen molar-refractivity contribution in [3.63, 3.8) is 0 Å². The summed E-state index contributed by atoms with van der Waals surface area (Å²) in [6, 6.07) is 7.38. The van der Waals surface area contributed by atoms with E-state index in [1.165, 1.54) is 0 Å². The molecule has 1 aliphatic rings. The van der Waals surface area contributed by atoms with Gasteiger partial charge in [0, 0.05) is 6.42 Å². The molecule has 0 saturated heterocycles. The molecule has 0 bridgehead atoms. The fraction of sp³-hybridized carbons (Fsp3) is 0.273. The molecule has 2 N–H and O–H groups in total. The average Bonchev–Trinajstić information content (AvgIpc) is 2.69. The average molecular weight is 221 g/mol. The lowest BCUT2D eigenvalue weighted by molar-refractivity contribution is -0.139. The molecular weight excluding hydrogens is 210 g/mol. The van der Waals surface area contributed by atoms with Gasteiger partial charge in [-0.15, -0.1) is 0 Å². The van der Waals surface area contributed by atoms with Crippen molar-refractivity contribution in [2.75, 3.05) is 6.54 Å². The van der Waals surface area contributed by atoms with E-state index in [0.717, 1.165) is 5.56 Å². The maximum Gasteiger partial charge on any atom is 0.322 e. The molecule has 1 aromatic carbocycles. The van der Waals surface area contributed by atoms with Crippen LogP contribution in [0.2, 0.25) is 0 Å². The first kappa shape index (κ1) is 10.5. The van der Waals surface area contributed by atoms with Gasteiger partial charge in [-0.3, -0.25) is 9.59 Å². The molecule has 2 rings (SSSR count). The van der Waals surface area contributed by atoms with Crippen LogP contribution in [0.4, 0.5) is 0 Å². The Balaban J connectivity index is 1.96. The standard InChI is InChI=1S/C11H11NO4/c13-10(14)6-12-11(15)9-5-7-3-1-2-4-8(7)16-9/h1-4,9H,5-6H2,(H,12,15)(H,13,14). The minimum Gasteiger partial charge on any atom is -0.480 e. The predicted octanol–water partition coefficient (Wildman–Crippen LogP) is 0.191. The Hall–Kier alpha value is -2.04. The first-order valence-electron chi connectivity index (χ1n) is 4.91. The van der Waals surface area contributed by atoms with Crippen molar-refractivity contribution in [1.82, 2.24) is 5.32 Å². The topological polar surface area (TPSA) is 75.6 Å². The fourth-order valence-electron chi connectivity index (χ4n) is 1.60. The van der Waals surface area contributed by atoms with Gasteiger partial charge >= 0.3 is 5.97 Å². The van der Waals surface area contributed by atoms with Crippen LogP contribution in [0.1, 0.15) is 5.56 Å². The zero-order valence-corrected chi connectivity index (χ0v) is 8.47. The highest BCUT2D eigenvalue weighted by molar-refractivity contribution is 5.85. The molecule has 0 spiro atoms. The summed E-state index contributed by atoms with van der Waals surface area (Å²) in [6.45, 7) is -0.380. The number of benzene rings is 1. The van der Waals surface area contributed by atoms with E-state index in [1.807, 2.05) is 18.2 Å². The van der Waals surface area contributed by atoms with Gasteiger partial charge < -0.3 is 15.2 Å². The largest absolute Gasteiger partial charge is 0.480 e. The highest BCUT2D eigenvalue weighted by atomic mass is 16.5. The van der Waals surface area contributed by atoms with Crippen molar-refractivity contribution in [1.29, 1.82) is 0 Å². The predicted molar refractivity (Wildman–Crippen MR) is 55.2 cm³/mol. The molecular formula is C11H11NO4. The SMILES string of the molecule is O=C(O)CNC(=O)C1Cc2ccccc2O1. The summed E-state index contributed by atoms with van der Waals surface area (Å²) in [7, 11) is 0. The van der Waals surface area contributed by atoms with Crippen LogP contribution >= 0.6 is 0 Å². The van der Waals surface area contributed by atoms with Gasteiger partial charge in [-0.05, 0) is 11.6 Å². The van der Waals surface area contributed by atoms with Crippen LogP contribution in [-0.2, 0) is 16.0 Å². The second-order valence-electron chi connectivity index (χ2n) is 3.53. The maximum atomic E-state index is 11.5. The van der Waals surface area contributed by atoms with Crippen LogP contribution in [0.3, 0.4) is 0 Å². The third-order valence-electron chi connectivity index (χ3n) is 2.35. The highest BCUT2D eigenvalue weighted by Crippen LogP contribution is 2.27. The quantitative estimate of drug-likeness (QED) is 0.764. The Morgan fingerprint density at radius 3 is 2.88 bits per heavy atom. The number of aliphatic carboxylic acids is 1. The number of carboxylic acid groups (broad SMARTS) is 1. The zero-order chi connectivity index (χ0) is 11.5. The van der Waals surface area contributed by atoms with Gasteiger partial charge in [0.1, 0.15) is 12.3 Å². The molecule has 1 amide bonds. The highest BCUT2D eigenvalue weighted by Gasteiger charge is 2.28. The van der Waals surface area contributed by atoms with Crippen LogP contribution in [-0.4, -0.2) is 29.6 Å². The number of amides is 1. The van der Waals surface area contributed by atoms with Gasteiger partial charge in [0.25, 0.3) is 5.91 Å². The number of carboxylic acids is 1. The molecule has 1 aliphatic heterocycles. The first-order valence-corrected chi connectivity index (χ1v) is 4.91. The summed E-state index contributed by atoms with van der Waals surface area (Å²) in [5.74, 6) is -0.763. The Labute approximate surface area is 92.0 Å². The number of para-hydroxylation sites is 1. The van der Waals surface area contributed by atoms with E-state index in [2.05, 4.69) is 5.32 Å². The van der Waals surface area contributed by atoms with Crippen molar-refractivity contribution in [2.24, 2.45) is 0 Å². The molecule has 16 heavy (non-hydrogen) atoms. The van der Waals surface area contributed by atoms with E-state index < -0.39 is 18.0 Å². The summed E-state index contributed by atoms with van der Waals surface area (Å²) in [5.41, 5.74) is 0.970. The van der Waals surface area contributed by atoms with Crippen LogP contribution in [0.5, 0.6) is 5.75 Å². The minimum absolute atomic E-state index is 0.380. The Kier molecular flexibility index (Phi) is 2.76. The van der Waals surface area contributed by atoms with Crippen molar-refractivity contribution < 1.29 is 19.4 Å². The van der Waals surface area contributed by atoms with Gasteiger partial charge in [-0.2, -0.15) is 0 Å². The smallest absolute Gasteiger partial charge is 0.322 e. The molecule has 0 aliphatic carbocycles. The molecule has 1 unspecified atom stereocenters. The summed E-state index contributed by atoms with van der Waals surface area (Å²) in [5, 5.41) is 10.7. The number of hydrogen-bond donors (Lipinski definition) is 2. The molecule has 84 valence electrons. The molecule has 1 atom stereocenters. The van der Waals surface area contributed by atoms with Crippen LogP contribution in [0.15, 0.2) is 24.3 Å². The number of hydrogen-bond acceptors (Lipinski definition) is 3. The number of fused-ring (bicyclic) bond motifs is 1. The molecule has 0 radical (unpaired) electrons. The summed E-state index contributed by atoms with van der Waals surface area (Å²) in [6.07, 6.45) is -0.126. The monoisotopic (exact) mass is 221 g/mol. The van der Waals surface area contributed by atoms with Gasteiger partial charge in [0.05, 0.1) is 0 Å². The fourth-order valence-corrected chi connectivity index (χ4v) is 1.60. The van der Waals surface area contributed by atoms with Gasteiger partial charge in [0.2, 0.25) is 0 Å². The van der Waals surface area contributed by atoms with Crippen LogP contribution in [0, 0.1) is 0 Å². The van der Waals surface area contributed by atoms with E-state index in [9.17, 15) is 9.59 Å². The summed E-state index contributed by atoms with van der Waals surface area (Å²) in [4.78, 5) is 21.8. The molecule has 0 saturated carbocycles. The lowest BCUT2D eigenvalue weighted by Gasteiger charge is -2.09. The maximum absolute atomic E-state index is 11.5. The number of rotatable bonds is 3. The third-order valence-corrected chi connectivity index (χ3v) is 2.35. The molecule has 5 nitrogen and oxygen atoms in total. The van der Waals surface area contributed by atoms with Gasteiger partial charge in [0.15, 0.2) is 6.10 Å². The normalized spacial score (nSPS) is 17.4. The van der Waals surface area contributed by atoms with Gasteiger partial charge in [-0.25, -0.2) is 0 Å². The van der Waals surface area contributed by atoms with Crippen LogP contribution in [0.25, 0.3) is 0 Å². The van der Waals surface area contributed by atoms with E-state index in [1.54, 1.807) is 6.07 Å². The summed E-state index contributed by atoms with van der Waals surface area (Å²) >= 11 is 0. The second kappa shape index (κ2) is 4.22. The van der Waals surface area contributed by atoms with E-state index >= 15 is 0 Å².